The number of carbonyl (C=O) groups excluding carboxylic acids is 1. The molecule has 34 heavy (non-hydrogen) atoms. The number of rotatable bonds is 5. The van der Waals surface area contributed by atoms with E-state index in [9.17, 15) is 9.59 Å². The Balaban J connectivity index is 1.61. The first-order valence-corrected chi connectivity index (χ1v) is 11.7. The molecule has 1 aliphatic carbocycles. The lowest BCUT2D eigenvalue weighted by molar-refractivity contribution is -0.138. The van der Waals surface area contributed by atoms with Gasteiger partial charge in [0.1, 0.15) is 11.9 Å². The number of nitrogens with zero attached hydrogens (tertiary/aromatic N) is 4. The second-order valence-electron chi connectivity index (χ2n) is 9.05. The van der Waals surface area contributed by atoms with Crippen LogP contribution in [0.2, 0.25) is 0 Å². The van der Waals surface area contributed by atoms with Crippen molar-refractivity contribution in [1.82, 2.24) is 24.8 Å². The molecule has 2 aromatic heterocycles. The van der Waals surface area contributed by atoms with E-state index in [1.54, 1.807) is 18.3 Å². The third kappa shape index (κ3) is 4.11. The molecular weight excluding hydrogens is 430 g/mol. The highest BCUT2D eigenvalue weighted by atomic mass is 16.4. The summed E-state index contributed by atoms with van der Waals surface area (Å²) in [6, 6.07) is 10.8. The summed E-state index contributed by atoms with van der Waals surface area (Å²) in [5.74, 6) is -0.655. The molecule has 2 heterocycles. The second-order valence-corrected chi connectivity index (χ2v) is 9.05. The van der Waals surface area contributed by atoms with Crippen molar-refractivity contribution in [3.63, 3.8) is 0 Å². The fourth-order valence-corrected chi connectivity index (χ4v) is 4.74. The number of aromatic nitrogens is 4. The molecule has 5 rings (SSSR count). The minimum atomic E-state index is -1.08. The molecule has 1 amide bonds. The van der Waals surface area contributed by atoms with E-state index in [0.29, 0.717) is 17.1 Å². The second kappa shape index (κ2) is 8.85. The number of hydrogen-bond acceptors (Lipinski definition) is 5. The van der Waals surface area contributed by atoms with Crippen LogP contribution in [-0.2, 0) is 4.79 Å². The molecule has 1 atom stereocenters. The van der Waals surface area contributed by atoms with E-state index in [2.05, 4.69) is 19.9 Å². The number of carboxylic acids is 1. The van der Waals surface area contributed by atoms with Gasteiger partial charge in [0.05, 0.1) is 27.8 Å². The van der Waals surface area contributed by atoms with Crippen LogP contribution in [0, 0.1) is 6.92 Å². The predicted molar refractivity (Wildman–Crippen MR) is 130 cm³/mol. The third-order valence-electron chi connectivity index (χ3n) is 6.53. The summed E-state index contributed by atoms with van der Waals surface area (Å²) >= 11 is 0. The Hall–Kier alpha value is -3.81. The fourth-order valence-electron chi connectivity index (χ4n) is 4.74. The van der Waals surface area contributed by atoms with Crippen LogP contribution in [-0.4, -0.2) is 42.5 Å². The summed E-state index contributed by atoms with van der Waals surface area (Å²) < 4.78 is 2.30. The molecule has 1 aliphatic rings. The highest BCUT2D eigenvalue weighted by Crippen LogP contribution is 2.36. The maximum Gasteiger partial charge on any atom is 0.325 e. The SMILES string of the molecule is Cc1cnc2cc(-c3nc4cc(C(=O)NC(C)C(=O)O)ccc4n3C3CCCCC3)ccc2n1. The smallest absolute Gasteiger partial charge is 0.325 e. The van der Waals surface area contributed by atoms with Gasteiger partial charge in [-0.15, -0.1) is 0 Å². The lowest BCUT2D eigenvalue weighted by Crippen LogP contribution is -2.38. The maximum atomic E-state index is 12.6. The topological polar surface area (TPSA) is 110 Å². The van der Waals surface area contributed by atoms with Crippen molar-refractivity contribution in [2.24, 2.45) is 0 Å². The van der Waals surface area contributed by atoms with Crippen LogP contribution < -0.4 is 5.32 Å². The van der Waals surface area contributed by atoms with E-state index in [0.717, 1.165) is 46.5 Å². The van der Waals surface area contributed by atoms with Gasteiger partial charge in [0, 0.05) is 23.4 Å². The number of amides is 1. The summed E-state index contributed by atoms with van der Waals surface area (Å²) in [4.78, 5) is 37.8. The van der Waals surface area contributed by atoms with Crippen LogP contribution in [0.15, 0.2) is 42.6 Å². The molecule has 2 aromatic carbocycles. The van der Waals surface area contributed by atoms with Gasteiger partial charge in [0.2, 0.25) is 0 Å². The molecule has 8 heteroatoms. The average molecular weight is 458 g/mol. The normalized spacial score (nSPS) is 15.5. The van der Waals surface area contributed by atoms with E-state index in [4.69, 9.17) is 10.1 Å². The van der Waals surface area contributed by atoms with E-state index in [1.807, 2.05) is 31.2 Å². The molecule has 2 N–H and O–H groups in total. The van der Waals surface area contributed by atoms with Crippen LogP contribution in [0.5, 0.6) is 0 Å². The molecule has 1 unspecified atom stereocenters. The van der Waals surface area contributed by atoms with Gasteiger partial charge in [-0.1, -0.05) is 19.3 Å². The molecule has 0 saturated heterocycles. The van der Waals surface area contributed by atoms with Crippen molar-refractivity contribution >= 4 is 33.9 Å². The van der Waals surface area contributed by atoms with Gasteiger partial charge in [-0.3, -0.25) is 14.6 Å². The van der Waals surface area contributed by atoms with Crippen molar-refractivity contribution in [1.29, 1.82) is 0 Å². The van der Waals surface area contributed by atoms with E-state index in [1.165, 1.54) is 26.2 Å². The molecule has 8 nitrogen and oxygen atoms in total. The number of benzene rings is 2. The van der Waals surface area contributed by atoms with Crippen LogP contribution >= 0.6 is 0 Å². The van der Waals surface area contributed by atoms with Gasteiger partial charge in [0.25, 0.3) is 5.91 Å². The van der Waals surface area contributed by atoms with Gasteiger partial charge in [-0.2, -0.15) is 0 Å². The minimum Gasteiger partial charge on any atom is -0.480 e. The molecule has 1 saturated carbocycles. The van der Waals surface area contributed by atoms with Gasteiger partial charge in [-0.05, 0) is 63.1 Å². The van der Waals surface area contributed by atoms with Crippen LogP contribution in [0.25, 0.3) is 33.5 Å². The Morgan fingerprint density at radius 2 is 1.82 bits per heavy atom. The van der Waals surface area contributed by atoms with Crippen LogP contribution in [0.3, 0.4) is 0 Å². The third-order valence-corrected chi connectivity index (χ3v) is 6.53. The lowest BCUT2D eigenvalue weighted by atomic mass is 9.94. The van der Waals surface area contributed by atoms with Crippen molar-refractivity contribution in [2.75, 3.05) is 0 Å². The summed E-state index contributed by atoms with van der Waals surface area (Å²) in [6.45, 7) is 3.37. The predicted octanol–water partition coefficient (Wildman–Crippen LogP) is 4.66. The molecule has 0 aliphatic heterocycles. The van der Waals surface area contributed by atoms with Gasteiger partial charge in [0.15, 0.2) is 0 Å². The number of carboxylic acid groups (broad SMARTS) is 1. The summed E-state index contributed by atoms with van der Waals surface area (Å²) in [6.07, 6.45) is 7.54. The number of carbonyl (C=O) groups is 2. The largest absolute Gasteiger partial charge is 0.480 e. The number of fused-ring (bicyclic) bond motifs is 2. The Labute approximate surface area is 197 Å². The number of imidazole rings is 1. The monoisotopic (exact) mass is 457 g/mol. The zero-order valence-electron chi connectivity index (χ0n) is 19.3. The number of hydrogen-bond donors (Lipinski definition) is 2. The number of nitrogens with one attached hydrogen (secondary N) is 1. The van der Waals surface area contributed by atoms with Gasteiger partial charge >= 0.3 is 5.97 Å². The van der Waals surface area contributed by atoms with E-state index >= 15 is 0 Å². The Kier molecular flexibility index (Phi) is 5.73. The molecule has 0 spiro atoms. The first-order valence-electron chi connectivity index (χ1n) is 11.7. The Bertz CT molecular complexity index is 1400. The van der Waals surface area contributed by atoms with Crippen molar-refractivity contribution in [2.45, 2.75) is 58.0 Å². The number of aryl methyl sites for hydroxylation is 1. The Morgan fingerprint density at radius 3 is 2.59 bits per heavy atom. The molecule has 1 fully saturated rings. The number of aliphatic carboxylic acids is 1. The Morgan fingerprint density at radius 1 is 1.03 bits per heavy atom. The molecular formula is C26H27N5O3. The molecule has 0 bridgehead atoms. The zero-order valence-corrected chi connectivity index (χ0v) is 19.3. The average Bonchev–Trinajstić information content (AvgIpc) is 3.23. The summed E-state index contributed by atoms with van der Waals surface area (Å²) in [5, 5.41) is 11.6. The first kappa shape index (κ1) is 22.0. The minimum absolute atomic E-state index is 0.334. The standard InChI is InChI=1S/C26H27N5O3/c1-15-14-27-21-12-17(8-10-20(21)28-15)24-30-22-13-18(25(32)29-16(2)26(33)34)9-11-23(22)31(24)19-6-4-3-5-7-19/h8-14,16,19H,3-7H2,1-2H3,(H,29,32)(H,33,34). The van der Waals surface area contributed by atoms with Crippen LogP contribution in [0.4, 0.5) is 0 Å². The van der Waals surface area contributed by atoms with Crippen LogP contribution in [0.1, 0.15) is 61.1 Å². The lowest BCUT2D eigenvalue weighted by Gasteiger charge is -2.25. The highest BCUT2D eigenvalue weighted by molar-refractivity contribution is 5.99. The van der Waals surface area contributed by atoms with Gasteiger partial charge < -0.3 is 15.0 Å². The fraction of sp³-hybridized carbons (Fsp3) is 0.346. The van der Waals surface area contributed by atoms with E-state index < -0.39 is 17.9 Å². The first-order chi connectivity index (χ1) is 16.4. The highest BCUT2D eigenvalue weighted by Gasteiger charge is 2.24. The zero-order chi connectivity index (χ0) is 23.8. The summed E-state index contributed by atoms with van der Waals surface area (Å²) in [5.41, 5.74) is 5.56. The molecule has 0 radical (unpaired) electrons. The van der Waals surface area contributed by atoms with E-state index in [-0.39, 0.29) is 0 Å². The van der Waals surface area contributed by atoms with Crippen molar-refractivity contribution in [3.8, 4) is 11.4 Å². The maximum absolute atomic E-state index is 12.6. The summed E-state index contributed by atoms with van der Waals surface area (Å²) in [7, 11) is 0. The van der Waals surface area contributed by atoms with Crippen molar-refractivity contribution in [3.05, 3.63) is 53.9 Å². The van der Waals surface area contributed by atoms with Gasteiger partial charge in [-0.25, -0.2) is 9.97 Å². The molecule has 174 valence electrons. The van der Waals surface area contributed by atoms with Crippen molar-refractivity contribution < 1.29 is 14.7 Å². The molecule has 4 aromatic rings. The quantitative estimate of drug-likeness (QED) is 0.451.